The number of unbranched alkanes of at least 4 members (excludes halogenated alkanes) is 5. The molecule has 0 aliphatic heterocycles. The van der Waals surface area contributed by atoms with Crippen LogP contribution >= 0.6 is 0 Å². The van der Waals surface area contributed by atoms with Gasteiger partial charge in [0.15, 0.2) is 0 Å². The van der Waals surface area contributed by atoms with Crippen molar-refractivity contribution < 1.29 is 19.0 Å². The van der Waals surface area contributed by atoms with Crippen molar-refractivity contribution >= 4 is 5.97 Å². The quantitative estimate of drug-likeness (QED) is 0.647. The van der Waals surface area contributed by atoms with Crippen molar-refractivity contribution in [2.45, 2.75) is 52.1 Å². The van der Waals surface area contributed by atoms with E-state index in [4.69, 9.17) is 9.84 Å². The maximum absolute atomic E-state index is 13.0. The van der Waals surface area contributed by atoms with Gasteiger partial charge in [0.05, 0.1) is 12.2 Å². The fourth-order valence-electron chi connectivity index (χ4n) is 2.04. The van der Waals surface area contributed by atoms with Crippen LogP contribution in [0.4, 0.5) is 4.39 Å². The number of rotatable bonds is 10. The van der Waals surface area contributed by atoms with Crippen molar-refractivity contribution in [1.82, 2.24) is 0 Å². The summed E-state index contributed by atoms with van der Waals surface area (Å²) in [7, 11) is 0. The molecule has 1 N–H and O–H groups in total. The smallest absolute Gasteiger partial charge is 0.336 e. The monoisotopic (exact) mass is 282 g/mol. The van der Waals surface area contributed by atoms with Crippen LogP contribution in [0.1, 0.15) is 61.4 Å². The molecule has 0 radical (unpaired) electrons. The number of ether oxygens (including phenoxy) is 1. The number of hydrogen-bond acceptors (Lipinski definition) is 2. The molecule has 0 aliphatic carbocycles. The molecule has 0 atom stereocenters. The number of halogens is 1. The molecule has 0 aliphatic rings. The highest BCUT2D eigenvalue weighted by atomic mass is 19.1. The summed E-state index contributed by atoms with van der Waals surface area (Å²) in [6.07, 6.45) is 7.10. The van der Waals surface area contributed by atoms with Crippen molar-refractivity contribution in [2.24, 2.45) is 0 Å². The van der Waals surface area contributed by atoms with Crippen molar-refractivity contribution in [3.63, 3.8) is 0 Å². The Bertz CT molecular complexity index is 418. The van der Waals surface area contributed by atoms with E-state index in [2.05, 4.69) is 6.92 Å². The minimum atomic E-state index is -1.12. The average Bonchev–Trinajstić information content (AvgIpc) is 2.43. The lowest BCUT2D eigenvalue weighted by atomic mass is 10.1. The molecule has 4 heteroatoms. The summed E-state index contributed by atoms with van der Waals surface area (Å²) in [6.45, 7) is 3.02. The van der Waals surface area contributed by atoms with Gasteiger partial charge in [0.25, 0.3) is 0 Å². The van der Waals surface area contributed by atoms with Gasteiger partial charge in [-0.15, -0.1) is 0 Å². The lowest BCUT2D eigenvalue weighted by Crippen LogP contribution is -2.05. The summed E-state index contributed by atoms with van der Waals surface area (Å²) in [5.41, 5.74) is 0.498. The van der Waals surface area contributed by atoms with Gasteiger partial charge < -0.3 is 9.84 Å². The third-order valence-corrected chi connectivity index (χ3v) is 3.20. The second kappa shape index (κ2) is 9.48. The number of hydrogen-bond donors (Lipinski definition) is 1. The molecule has 112 valence electrons. The zero-order chi connectivity index (χ0) is 14.8. The van der Waals surface area contributed by atoms with E-state index in [1.165, 1.54) is 37.8 Å². The molecule has 3 nitrogen and oxygen atoms in total. The first-order chi connectivity index (χ1) is 9.65. The molecule has 1 aromatic carbocycles. The fraction of sp³-hybridized carbons (Fsp3) is 0.562. The topological polar surface area (TPSA) is 46.5 Å². The summed E-state index contributed by atoms with van der Waals surface area (Å²) in [6, 6.07) is 3.77. The van der Waals surface area contributed by atoms with Crippen LogP contribution < -0.4 is 0 Å². The maximum Gasteiger partial charge on any atom is 0.336 e. The van der Waals surface area contributed by atoms with Crippen LogP contribution in [0.25, 0.3) is 0 Å². The van der Waals surface area contributed by atoms with Crippen LogP contribution in [0, 0.1) is 5.82 Å². The lowest BCUT2D eigenvalue weighted by molar-refractivity contribution is 0.0686. The summed E-state index contributed by atoms with van der Waals surface area (Å²) < 4.78 is 18.5. The van der Waals surface area contributed by atoms with Crippen LogP contribution in [0.15, 0.2) is 18.2 Å². The molecule has 0 bridgehead atoms. The Hall–Kier alpha value is -1.42. The number of benzene rings is 1. The maximum atomic E-state index is 13.0. The Balaban J connectivity index is 2.27. The van der Waals surface area contributed by atoms with E-state index in [9.17, 15) is 9.18 Å². The predicted molar refractivity (Wildman–Crippen MR) is 76.4 cm³/mol. The third kappa shape index (κ3) is 6.15. The first-order valence-corrected chi connectivity index (χ1v) is 7.24. The van der Waals surface area contributed by atoms with Gasteiger partial charge in [-0.05, 0) is 24.1 Å². The summed E-state index contributed by atoms with van der Waals surface area (Å²) in [5.74, 6) is -1.66. The summed E-state index contributed by atoms with van der Waals surface area (Å²) in [4.78, 5) is 11.0. The molecular formula is C16H23FO3. The molecular weight excluding hydrogens is 259 g/mol. The van der Waals surface area contributed by atoms with Gasteiger partial charge in [0.2, 0.25) is 0 Å². The zero-order valence-corrected chi connectivity index (χ0v) is 12.0. The normalized spacial score (nSPS) is 10.7. The van der Waals surface area contributed by atoms with E-state index in [0.717, 1.165) is 18.9 Å². The molecule has 20 heavy (non-hydrogen) atoms. The second-order valence-electron chi connectivity index (χ2n) is 4.93. The Morgan fingerprint density at radius 1 is 1.20 bits per heavy atom. The standard InChI is InChI=1S/C16H23FO3/c1-2-3-4-5-6-7-10-20-12-13-8-9-14(17)11-15(13)16(18)19/h8-9,11H,2-7,10,12H2,1H3,(H,18,19). The Morgan fingerprint density at radius 2 is 1.90 bits per heavy atom. The van der Waals surface area contributed by atoms with Gasteiger partial charge >= 0.3 is 5.97 Å². The van der Waals surface area contributed by atoms with E-state index >= 15 is 0 Å². The van der Waals surface area contributed by atoms with Crippen LogP contribution in [-0.2, 0) is 11.3 Å². The Morgan fingerprint density at radius 3 is 2.60 bits per heavy atom. The van der Waals surface area contributed by atoms with Gasteiger partial charge in [-0.2, -0.15) is 0 Å². The zero-order valence-electron chi connectivity index (χ0n) is 12.0. The minimum absolute atomic E-state index is 0.0204. The van der Waals surface area contributed by atoms with E-state index in [1.54, 1.807) is 0 Å². The fourth-order valence-corrected chi connectivity index (χ4v) is 2.04. The van der Waals surface area contributed by atoms with E-state index in [-0.39, 0.29) is 12.2 Å². The van der Waals surface area contributed by atoms with Gasteiger partial charge in [-0.1, -0.05) is 45.1 Å². The highest BCUT2D eigenvalue weighted by Crippen LogP contribution is 2.13. The van der Waals surface area contributed by atoms with Gasteiger partial charge in [-0.25, -0.2) is 9.18 Å². The predicted octanol–water partition coefficient (Wildman–Crippen LogP) is 4.40. The van der Waals surface area contributed by atoms with Crippen molar-refractivity contribution in [3.05, 3.63) is 35.1 Å². The molecule has 0 heterocycles. The van der Waals surface area contributed by atoms with Crippen LogP contribution in [0.2, 0.25) is 0 Å². The first kappa shape index (κ1) is 16.6. The Kier molecular flexibility index (Phi) is 7.88. The number of carboxylic acids is 1. The molecule has 1 aromatic rings. The molecule has 0 fully saturated rings. The van der Waals surface area contributed by atoms with E-state index in [0.29, 0.717) is 12.2 Å². The van der Waals surface area contributed by atoms with Crippen molar-refractivity contribution in [2.75, 3.05) is 6.61 Å². The highest BCUT2D eigenvalue weighted by Gasteiger charge is 2.11. The largest absolute Gasteiger partial charge is 0.478 e. The molecule has 1 rings (SSSR count). The molecule has 0 saturated heterocycles. The van der Waals surface area contributed by atoms with E-state index < -0.39 is 11.8 Å². The lowest BCUT2D eigenvalue weighted by Gasteiger charge is -2.07. The number of carbonyl (C=O) groups is 1. The van der Waals surface area contributed by atoms with Crippen LogP contribution in [-0.4, -0.2) is 17.7 Å². The van der Waals surface area contributed by atoms with Crippen LogP contribution in [0.5, 0.6) is 0 Å². The molecule has 0 unspecified atom stereocenters. The van der Waals surface area contributed by atoms with Gasteiger partial charge in [-0.3, -0.25) is 0 Å². The molecule has 0 aromatic heterocycles. The summed E-state index contributed by atoms with van der Waals surface area (Å²) in [5, 5.41) is 8.99. The number of aromatic carboxylic acids is 1. The van der Waals surface area contributed by atoms with Gasteiger partial charge in [0, 0.05) is 6.61 Å². The average molecular weight is 282 g/mol. The Labute approximate surface area is 119 Å². The molecule has 0 amide bonds. The summed E-state index contributed by atoms with van der Waals surface area (Å²) >= 11 is 0. The van der Waals surface area contributed by atoms with Crippen LogP contribution in [0.3, 0.4) is 0 Å². The number of carboxylic acid groups (broad SMARTS) is 1. The molecule has 0 spiro atoms. The van der Waals surface area contributed by atoms with E-state index in [1.807, 2.05) is 0 Å². The SMILES string of the molecule is CCCCCCCCOCc1ccc(F)cc1C(=O)O. The van der Waals surface area contributed by atoms with Crippen molar-refractivity contribution in [1.29, 1.82) is 0 Å². The first-order valence-electron chi connectivity index (χ1n) is 7.24. The van der Waals surface area contributed by atoms with Gasteiger partial charge in [0.1, 0.15) is 5.82 Å². The molecule has 0 saturated carbocycles. The highest BCUT2D eigenvalue weighted by molar-refractivity contribution is 5.89. The second-order valence-corrected chi connectivity index (χ2v) is 4.93. The third-order valence-electron chi connectivity index (χ3n) is 3.20. The van der Waals surface area contributed by atoms with Crippen molar-refractivity contribution in [3.8, 4) is 0 Å². The minimum Gasteiger partial charge on any atom is -0.478 e.